The van der Waals surface area contributed by atoms with Crippen molar-refractivity contribution in [2.75, 3.05) is 0 Å². The first-order chi connectivity index (χ1) is 5.57. The minimum atomic E-state index is -0.470. The summed E-state index contributed by atoms with van der Waals surface area (Å²) in [4.78, 5) is 3.71. The van der Waals surface area contributed by atoms with Crippen molar-refractivity contribution in [1.29, 1.82) is 0 Å². The molecule has 1 heterocycles. The van der Waals surface area contributed by atoms with E-state index in [1.165, 1.54) is 0 Å². The fourth-order valence-corrected chi connectivity index (χ4v) is 1.31. The van der Waals surface area contributed by atoms with Crippen molar-refractivity contribution < 1.29 is 9.84 Å². The summed E-state index contributed by atoms with van der Waals surface area (Å²) in [5.41, 5.74) is 2.16. The predicted octanol–water partition coefficient (Wildman–Crippen LogP) is 0.600. The van der Waals surface area contributed by atoms with E-state index >= 15 is 0 Å². The molecule has 0 aromatic carbocycles. The SMILES string of the molecule is CCc1c(C)nc(O)[n+]([O-])c1C. The van der Waals surface area contributed by atoms with Gasteiger partial charge in [-0.1, -0.05) is 6.92 Å². The Hall–Kier alpha value is -1.32. The summed E-state index contributed by atoms with van der Waals surface area (Å²) in [7, 11) is 0. The van der Waals surface area contributed by atoms with Crippen molar-refractivity contribution in [3.63, 3.8) is 0 Å². The standard InChI is InChI=1S/C8H12N2O2/c1-4-7-5(2)9-8(11)10(12)6(7)3/h4H2,1-3H3,(H,9,11). The van der Waals surface area contributed by atoms with Gasteiger partial charge in [-0.25, -0.2) is 0 Å². The third-order valence-electron chi connectivity index (χ3n) is 1.98. The van der Waals surface area contributed by atoms with Crippen LogP contribution in [0.25, 0.3) is 0 Å². The molecule has 0 saturated heterocycles. The van der Waals surface area contributed by atoms with Gasteiger partial charge in [-0.2, -0.15) is 4.73 Å². The molecule has 0 aliphatic rings. The molecular formula is C8H12N2O2. The first kappa shape index (κ1) is 8.77. The van der Waals surface area contributed by atoms with Crippen LogP contribution < -0.4 is 4.73 Å². The zero-order valence-electron chi connectivity index (χ0n) is 7.46. The van der Waals surface area contributed by atoms with Crippen LogP contribution in [-0.4, -0.2) is 10.1 Å². The van der Waals surface area contributed by atoms with Crippen LogP contribution in [0.15, 0.2) is 0 Å². The number of aromatic nitrogens is 2. The minimum absolute atomic E-state index is 0.450. The van der Waals surface area contributed by atoms with Crippen LogP contribution in [-0.2, 0) is 6.42 Å². The van der Waals surface area contributed by atoms with Gasteiger partial charge in [-0.15, -0.1) is 0 Å². The van der Waals surface area contributed by atoms with Crippen molar-refractivity contribution in [3.05, 3.63) is 22.2 Å². The van der Waals surface area contributed by atoms with Gasteiger partial charge in [-0.05, 0) is 18.3 Å². The predicted molar refractivity (Wildman–Crippen MR) is 43.7 cm³/mol. The summed E-state index contributed by atoms with van der Waals surface area (Å²) in [6.45, 7) is 5.42. The highest BCUT2D eigenvalue weighted by molar-refractivity contribution is 5.21. The average molecular weight is 168 g/mol. The summed E-state index contributed by atoms with van der Waals surface area (Å²) in [5.74, 6) is 0. The van der Waals surface area contributed by atoms with E-state index in [0.29, 0.717) is 10.4 Å². The maximum Gasteiger partial charge on any atom is 0.499 e. The van der Waals surface area contributed by atoms with Crippen LogP contribution in [0.5, 0.6) is 6.01 Å². The Morgan fingerprint density at radius 3 is 2.58 bits per heavy atom. The summed E-state index contributed by atoms with van der Waals surface area (Å²) in [6.07, 6.45) is 0.757. The molecule has 0 amide bonds. The molecule has 12 heavy (non-hydrogen) atoms. The monoisotopic (exact) mass is 168 g/mol. The van der Waals surface area contributed by atoms with Crippen LogP contribution in [0.1, 0.15) is 23.9 Å². The molecule has 0 radical (unpaired) electrons. The summed E-state index contributed by atoms with van der Waals surface area (Å²) in [5, 5.41) is 20.1. The third kappa shape index (κ3) is 1.20. The van der Waals surface area contributed by atoms with E-state index in [0.717, 1.165) is 17.7 Å². The van der Waals surface area contributed by atoms with E-state index in [9.17, 15) is 5.21 Å². The van der Waals surface area contributed by atoms with Crippen molar-refractivity contribution in [1.82, 2.24) is 4.98 Å². The Labute approximate surface area is 71.1 Å². The van der Waals surface area contributed by atoms with Crippen LogP contribution in [0.4, 0.5) is 0 Å². The largest absolute Gasteiger partial charge is 0.708 e. The van der Waals surface area contributed by atoms with Gasteiger partial charge >= 0.3 is 6.01 Å². The van der Waals surface area contributed by atoms with Gasteiger partial charge in [-0.3, -0.25) is 0 Å². The molecule has 0 saturated carbocycles. The lowest BCUT2D eigenvalue weighted by molar-refractivity contribution is -0.624. The Morgan fingerprint density at radius 1 is 1.50 bits per heavy atom. The molecule has 0 fully saturated rings. The Bertz CT molecular complexity index is 310. The summed E-state index contributed by atoms with van der Waals surface area (Å²) >= 11 is 0. The first-order valence-corrected chi connectivity index (χ1v) is 3.86. The molecule has 0 aliphatic carbocycles. The molecule has 66 valence electrons. The van der Waals surface area contributed by atoms with Crippen molar-refractivity contribution >= 4 is 0 Å². The van der Waals surface area contributed by atoms with Crippen molar-refractivity contribution in [2.45, 2.75) is 27.2 Å². The molecule has 0 atom stereocenters. The Morgan fingerprint density at radius 2 is 2.08 bits per heavy atom. The molecular weight excluding hydrogens is 156 g/mol. The first-order valence-electron chi connectivity index (χ1n) is 3.86. The average Bonchev–Trinajstić information content (AvgIpc) is 2.01. The minimum Gasteiger partial charge on any atom is -0.708 e. The molecule has 0 aliphatic heterocycles. The quantitative estimate of drug-likeness (QED) is 0.493. The van der Waals surface area contributed by atoms with E-state index < -0.39 is 6.01 Å². The van der Waals surface area contributed by atoms with Gasteiger partial charge in [0.2, 0.25) is 0 Å². The fourth-order valence-electron chi connectivity index (χ4n) is 1.31. The number of hydrogen-bond donors (Lipinski definition) is 1. The van der Waals surface area contributed by atoms with Crippen molar-refractivity contribution in [3.8, 4) is 6.01 Å². The normalized spacial score (nSPS) is 10.2. The van der Waals surface area contributed by atoms with Gasteiger partial charge < -0.3 is 10.3 Å². The van der Waals surface area contributed by atoms with E-state index in [1.54, 1.807) is 13.8 Å². The van der Waals surface area contributed by atoms with Crippen LogP contribution >= 0.6 is 0 Å². The molecule has 1 aromatic rings. The molecule has 1 aromatic heterocycles. The summed E-state index contributed by atoms with van der Waals surface area (Å²) in [6, 6.07) is -0.470. The lowest BCUT2D eigenvalue weighted by Crippen LogP contribution is -2.33. The van der Waals surface area contributed by atoms with E-state index in [2.05, 4.69) is 4.98 Å². The van der Waals surface area contributed by atoms with Gasteiger partial charge in [0.05, 0.1) is 0 Å². The fraction of sp³-hybridized carbons (Fsp3) is 0.500. The van der Waals surface area contributed by atoms with E-state index in [-0.39, 0.29) is 0 Å². The summed E-state index contributed by atoms with van der Waals surface area (Å²) < 4.78 is 0.450. The zero-order valence-corrected chi connectivity index (χ0v) is 7.46. The molecule has 0 spiro atoms. The van der Waals surface area contributed by atoms with Crippen LogP contribution in [0, 0.1) is 19.1 Å². The number of aryl methyl sites for hydroxylation is 1. The highest BCUT2D eigenvalue weighted by Gasteiger charge is 2.15. The second-order valence-corrected chi connectivity index (χ2v) is 2.71. The van der Waals surface area contributed by atoms with Crippen LogP contribution in [0.3, 0.4) is 0 Å². The number of aromatic hydroxyl groups is 1. The van der Waals surface area contributed by atoms with Gasteiger partial charge in [0.15, 0.2) is 5.69 Å². The zero-order chi connectivity index (χ0) is 9.30. The number of rotatable bonds is 1. The second kappa shape index (κ2) is 2.97. The van der Waals surface area contributed by atoms with Gasteiger partial charge in [0.25, 0.3) is 0 Å². The van der Waals surface area contributed by atoms with E-state index in [4.69, 9.17) is 5.11 Å². The molecule has 0 bridgehead atoms. The maximum atomic E-state index is 11.1. The lowest BCUT2D eigenvalue weighted by atomic mass is 10.1. The number of hydrogen-bond acceptors (Lipinski definition) is 3. The van der Waals surface area contributed by atoms with E-state index in [1.807, 2.05) is 6.92 Å². The van der Waals surface area contributed by atoms with Crippen molar-refractivity contribution in [2.24, 2.45) is 0 Å². The molecule has 0 unspecified atom stereocenters. The number of nitrogens with zero attached hydrogens (tertiary/aromatic N) is 2. The molecule has 1 rings (SSSR count). The Kier molecular flexibility index (Phi) is 2.17. The van der Waals surface area contributed by atoms with Gasteiger partial charge in [0, 0.05) is 12.5 Å². The van der Waals surface area contributed by atoms with Crippen LogP contribution in [0.2, 0.25) is 0 Å². The second-order valence-electron chi connectivity index (χ2n) is 2.71. The van der Waals surface area contributed by atoms with Gasteiger partial charge in [0.1, 0.15) is 5.69 Å². The third-order valence-corrected chi connectivity index (χ3v) is 1.98. The smallest absolute Gasteiger partial charge is 0.499 e. The lowest BCUT2D eigenvalue weighted by Gasteiger charge is -2.09. The molecule has 4 nitrogen and oxygen atoms in total. The maximum absolute atomic E-state index is 11.1. The Balaban J connectivity index is 3.40. The topological polar surface area (TPSA) is 60.1 Å². The molecule has 1 N–H and O–H groups in total. The molecule has 4 heteroatoms. The highest BCUT2D eigenvalue weighted by atomic mass is 16.5. The highest BCUT2D eigenvalue weighted by Crippen LogP contribution is 2.10.